The molecule has 0 aliphatic heterocycles. The molecule has 0 spiro atoms. The predicted molar refractivity (Wildman–Crippen MR) is 296 cm³/mol. The smallest absolute Gasteiger partial charge is 0.326 e. The van der Waals surface area contributed by atoms with E-state index in [9.17, 15) is 68.1 Å². The lowest BCUT2D eigenvalue weighted by atomic mass is 9.93. The van der Waals surface area contributed by atoms with Gasteiger partial charge in [0.05, 0.1) is 39.0 Å². The number of hydrogen-bond donors (Lipinski definition) is 8. The first-order valence-corrected chi connectivity index (χ1v) is 29.2. The van der Waals surface area contributed by atoms with Crippen molar-refractivity contribution in [2.75, 3.05) is 65.9 Å². The van der Waals surface area contributed by atoms with Gasteiger partial charge in [-0.15, -0.1) is 0 Å². The molecule has 4 atom stereocenters. The number of nitrogens with one attached hydrogen (secondary N) is 4. The van der Waals surface area contributed by atoms with Crippen LogP contribution in [-0.2, 0) is 71.7 Å². The van der Waals surface area contributed by atoms with Crippen molar-refractivity contribution in [3.63, 3.8) is 0 Å². The van der Waals surface area contributed by atoms with E-state index in [4.69, 9.17) is 24.1 Å². The van der Waals surface area contributed by atoms with Crippen LogP contribution in [0.3, 0.4) is 0 Å². The minimum Gasteiger partial charge on any atom is -0.481 e. The van der Waals surface area contributed by atoms with Crippen molar-refractivity contribution in [1.29, 1.82) is 0 Å². The number of carbonyl (C=O) groups is 11. The summed E-state index contributed by atoms with van der Waals surface area (Å²) in [6.45, 7) is 4.28. The first kappa shape index (κ1) is 74.6. The van der Waals surface area contributed by atoms with Crippen molar-refractivity contribution in [3.8, 4) is 0 Å². The third-order valence-electron chi connectivity index (χ3n) is 13.3. The number of carbonyl (C=O) groups excluding carboxylic acids is 7. The van der Waals surface area contributed by atoms with Gasteiger partial charge in [-0.1, -0.05) is 96.8 Å². The van der Waals surface area contributed by atoms with Gasteiger partial charge in [0, 0.05) is 70.6 Å². The van der Waals surface area contributed by atoms with E-state index in [1.54, 1.807) is 6.92 Å². The minimum absolute atomic E-state index is 0.000777. The number of rotatable bonds is 58. The standard InChI is InChI=1S/C57H98N4O19/c1-3-21-44(43(2)62)22-18-19-32-58-50(65)31-29-49(57(75)76)61-52(67)30-26-45(55(71)72)40-47(64)41-79-38-37-78-35-33-59-53(68)42-80-39-36-77-34-20-23-46(63)27-28-48(56(73)74)60-51(66)24-16-14-12-10-8-6-4-5-7-9-11-13-15-17-25-54(69)70/h44-45,48-49H,3-42H2,1-2H3,(H,58,65)(H,59,68)(H,60,66)(H,61,67)(H,69,70)(H,71,72)(H,73,74)(H,75,76)/t44-,45+,48-,49-/m0/s1. The third-order valence-corrected chi connectivity index (χ3v) is 13.3. The average molecular weight is 1140 g/mol. The van der Waals surface area contributed by atoms with Crippen molar-refractivity contribution in [2.24, 2.45) is 11.8 Å². The Kier molecular flexibility index (Phi) is 47.2. The van der Waals surface area contributed by atoms with Gasteiger partial charge < -0.3 is 60.6 Å². The second kappa shape index (κ2) is 50.6. The van der Waals surface area contributed by atoms with Crippen LogP contribution in [0, 0.1) is 11.8 Å². The lowest BCUT2D eigenvalue weighted by molar-refractivity contribution is -0.145. The Morgan fingerprint density at radius 2 is 0.863 bits per heavy atom. The first-order valence-electron chi connectivity index (χ1n) is 29.2. The first-order chi connectivity index (χ1) is 38.4. The van der Waals surface area contributed by atoms with Crippen LogP contribution >= 0.6 is 0 Å². The molecule has 0 aromatic rings. The molecule has 0 aromatic carbocycles. The molecule has 460 valence electrons. The van der Waals surface area contributed by atoms with Gasteiger partial charge in [-0.25, -0.2) is 9.59 Å². The van der Waals surface area contributed by atoms with Crippen LogP contribution in [0.15, 0.2) is 0 Å². The van der Waals surface area contributed by atoms with Gasteiger partial charge in [-0.3, -0.25) is 43.2 Å². The summed E-state index contributed by atoms with van der Waals surface area (Å²) >= 11 is 0. The summed E-state index contributed by atoms with van der Waals surface area (Å²) in [6.07, 6.45) is 18.5. The van der Waals surface area contributed by atoms with Crippen LogP contribution in [0.4, 0.5) is 0 Å². The number of carboxylic acid groups (broad SMARTS) is 4. The van der Waals surface area contributed by atoms with Crippen molar-refractivity contribution >= 4 is 64.9 Å². The van der Waals surface area contributed by atoms with Gasteiger partial charge in [-0.05, 0) is 64.7 Å². The lowest BCUT2D eigenvalue weighted by Gasteiger charge is -2.16. The van der Waals surface area contributed by atoms with E-state index in [1.165, 1.54) is 32.1 Å². The maximum absolute atomic E-state index is 12.5. The highest BCUT2D eigenvalue weighted by atomic mass is 16.5. The third kappa shape index (κ3) is 46.4. The monoisotopic (exact) mass is 1140 g/mol. The predicted octanol–water partition coefficient (Wildman–Crippen LogP) is 6.28. The zero-order chi connectivity index (χ0) is 59.6. The molecule has 8 N–H and O–H groups in total. The Morgan fingerprint density at radius 3 is 1.40 bits per heavy atom. The fourth-order valence-electron chi connectivity index (χ4n) is 8.60. The molecule has 0 aliphatic rings. The minimum atomic E-state index is -1.37. The Bertz CT molecular complexity index is 1800. The summed E-state index contributed by atoms with van der Waals surface area (Å²) in [5, 5.41) is 47.6. The molecule has 23 heteroatoms. The SMILES string of the molecule is CCC[C@@H](CCCCNC(=O)CC[C@H](NC(=O)CC[C@H](CC(=O)COCCOCCNC(=O)COCCOCCCC(=O)CC[C@H](NC(=O)CCCCCCCCCCCCCCCCC(=O)O)C(=O)O)C(=O)O)C(=O)O)C(C)=O. The lowest BCUT2D eigenvalue weighted by Crippen LogP contribution is -2.42. The van der Waals surface area contributed by atoms with Crippen LogP contribution in [-0.4, -0.2) is 163 Å². The van der Waals surface area contributed by atoms with Crippen molar-refractivity contribution in [3.05, 3.63) is 0 Å². The maximum atomic E-state index is 12.5. The van der Waals surface area contributed by atoms with E-state index >= 15 is 0 Å². The number of carboxylic acids is 4. The average Bonchev–Trinajstić information content (AvgIpc) is 3.40. The molecule has 0 fully saturated rings. The van der Waals surface area contributed by atoms with Crippen molar-refractivity contribution < 1.29 is 92.1 Å². The van der Waals surface area contributed by atoms with E-state index in [2.05, 4.69) is 21.3 Å². The number of aliphatic carboxylic acids is 4. The maximum Gasteiger partial charge on any atom is 0.326 e. The molecule has 23 nitrogen and oxygen atoms in total. The quantitative estimate of drug-likeness (QED) is 0.0311. The van der Waals surface area contributed by atoms with Gasteiger partial charge in [0.1, 0.15) is 36.9 Å². The van der Waals surface area contributed by atoms with Gasteiger partial charge in [0.25, 0.3) is 0 Å². The number of ketones is 3. The molecule has 0 rings (SSSR count). The second-order valence-electron chi connectivity index (χ2n) is 20.4. The van der Waals surface area contributed by atoms with Gasteiger partial charge >= 0.3 is 23.9 Å². The largest absolute Gasteiger partial charge is 0.481 e. The summed E-state index contributed by atoms with van der Waals surface area (Å²) in [5.41, 5.74) is 0. The Balaban J connectivity index is 3.98. The number of hydrogen-bond acceptors (Lipinski definition) is 15. The van der Waals surface area contributed by atoms with Crippen molar-refractivity contribution in [1.82, 2.24) is 21.3 Å². The van der Waals surface area contributed by atoms with Gasteiger partial charge in [0.15, 0.2) is 5.78 Å². The number of unbranched alkanes of at least 4 members (excludes halogenated alkanes) is 14. The topological polar surface area (TPSA) is 354 Å². The fraction of sp³-hybridized carbons (Fsp3) is 0.807. The molecule has 0 radical (unpaired) electrons. The summed E-state index contributed by atoms with van der Waals surface area (Å²) in [6, 6.07) is -2.51. The molecule has 0 heterocycles. The second-order valence-corrected chi connectivity index (χ2v) is 20.4. The highest BCUT2D eigenvalue weighted by molar-refractivity contribution is 5.87. The van der Waals surface area contributed by atoms with Crippen LogP contribution in [0.5, 0.6) is 0 Å². The normalized spacial score (nSPS) is 12.6. The molecule has 0 aliphatic carbocycles. The van der Waals surface area contributed by atoms with Crippen LogP contribution in [0.2, 0.25) is 0 Å². The fourth-order valence-corrected chi connectivity index (χ4v) is 8.60. The molecule has 4 amide bonds. The molecule has 80 heavy (non-hydrogen) atoms. The zero-order valence-electron chi connectivity index (χ0n) is 48.0. The van der Waals surface area contributed by atoms with Gasteiger partial charge in [0.2, 0.25) is 23.6 Å². The number of amides is 4. The van der Waals surface area contributed by atoms with Gasteiger partial charge in [-0.2, -0.15) is 0 Å². The summed E-state index contributed by atoms with van der Waals surface area (Å²) in [4.78, 5) is 132. The Hall–Kier alpha value is -5.39. The Labute approximate surface area is 473 Å². The zero-order valence-corrected chi connectivity index (χ0v) is 48.0. The molecular formula is C57H98N4O19. The van der Waals surface area contributed by atoms with E-state index in [0.29, 0.717) is 25.8 Å². The van der Waals surface area contributed by atoms with E-state index in [-0.39, 0.29) is 140 Å². The molecular weight excluding hydrogens is 1040 g/mol. The summed E-state index contributed by atoms with van der Waals surface area (Å²) in [5.74, 6) is -8.15. The van der Waals surface area contributed by atoms with Crippen LogP contribution < -0.4 is 21.3 Å². The summed E-state index contributed by atoms with van der Waals surface area (Å²) in [7, 11) is 0. The van der Waals surface area contributed by atoms with E-state index in [0.717, 1.165) is 77.0 Å². The summed E-state index contributed by atoms with van der Waals surface area (Å²) < 4.78 is 21.4. The highest BCUT2D eigenvalue weighted by Gasteiger charge is 2.26. The number of Topliss-reactive ketones (excluding diaryl/α,β-unsaturated/α-hetero) is 3. The van der Waals surface area contributed by atoms with E-state index in [1.807, 2.05) is 6.92 Å². The highest BCUT2D eigenvalue weighted by Crippen LogP contribution is 2.17. The molecule has 0 bridgehead atoms. The van der Waals surface area contributed by atoms with Crippen molar-refractivity contribution in [2.45, 2.75) is 219 Å². The van der Waals surface area contributed by atoms with E-state index < -0.39 is 72.5 Å². The Morgan fingerprint density at radius 1 is 0.375 bits per heavy atom. The molecule has 0 aromatic heterocycles. The molecule has 0 saturated carbocycles. The van der Waals surface area contributed by atoms with Crippen LogP contribution in [0.1, 0.15) is 206 Å². The number of ether oxygens (including phenoxy) is 4. The molecule has 0 unspecified atom stereocenters. The van der Waals surface area contributed by atoms with Crippen LogP contribution in [0.25, 0.3) is 0 Å². The molecule has 0 saturated heterocycles.